The number of rotatable bonds is 7. The third-order valence-corrected chi connectivity index (χ3v) is 5.83. The first-order valence-corrected chi connectivity index (χ1v) is 11.1. The van der Waals surface area contributed by atoms with Crippen molar-refractivity contribution in [3.8, 4) is 0 Å². The molecule has 0 atom stereocenters. The zero-order valence-electron chi connectivity index (χ0n) is 16.3. The normalized spacial score (nSPS) is 14.5. The Labute approximate surface area is 167 Å². The fourth-order valence-electron chi connectivity index (χ4n) is 3.27. The molecule has 2 aromatic rings. The van der Waals surface area contributed by atoms with Crippen LogP contribution in [0.3, 0.4) is 0 Å². The minimum absolute atomic E-state index is 0.157. The molecule has 0 aliphatic carbocycles. The summed E-state index contributed by atoms with van der Waals surface area (Å²) in [5.74, 6) is 0.157. The molecule has 0 spiro atoms. The van der Waals surface area contributed by atoms with Crippen molar-refractivity contribution in [2.45, 2.75) is 39.7 Å². The van der Waals surface area contributed by atoms with Gasteiger partial charge in [0.15, 0.2) is 0 Å². The Hall–Kier alpha value is -2.44. The van der Waals surface area contributed by atoms with Crippen molar-refractivity contribution in [1.29, 1.82) is 0 Å². The van der Waals surface area contributed by atoms with Crippen molar-refractivity contribution in [3.63, 3.8) is 0 Å². The molecule has 0 fully saturated rings. The van der Waals surface area contributed by atoms with Crippen molar-refractivity contribution in [2.24, 2.45) is 0 Å². The SMILES string of the molecule is CCCN1C(=O)CCc2cc(CNS(=O)(=O)/C=C/c3ccc(C)cc3)ccc21. The van der Waals surface area contributed by atoms with Crippen molar-refractivity contribution < 1.29 is 13.2 Å². The molecule has 3 rings (SSSR count). The van der Waals surface area contributed by atoms with Crippen LogP contribution in [0.5, 0.6) is 0 Å². The summed E-state index contributed by atoms with van der Waals surface area (Å²) in [6.07, 6.45) is 3.69. The van der Waals surface area contributed by atoms with Gasteiger partial charge < -0.3 is 4.90 Å². The fraction of sp³-hybridized carbons (Fsp3) is 0.318. The van der Waals surface area contributed by atoms with Crippen LogP contribution in [0.25, 0.3) is 6.08 Å². The van der Waals surface area contributed by atoms with E-state index >= 15 is 0 Å². The molecule has 2 aromatic carbocycles. The summed E-state index contributed by atoms with van der Waals surface area (Å²) in [5, 5.41) is 1.19. The molecule has 6 heteroatoms. The molecular formula is C22H26N2O3S. The van der Waals surface area contributed by atoms with Gasteiger partial charge in [-0.05, 0) is 48.6 Å². The molecular weight excluding hydrogens is 372 g/mol. The second-order valence-electron chi connectivity index (χ2n) is 7.09. The summed E-state index contributed by atoms with van der Waals surface area (Å²) < 4.78 is 27.1. The van der Waals surface area contributed by atoms with Crippen LogP contribution in [0.15, 0.2) is 47.9 Å². The Balaban J connectivity index is 1.67. The van der Waals surface area contributed by atoms with Crippen LogP contribution < -0.4 is 9.62 Å². The van der Waals surface area contributed by atoms with E-state index in [0.29, 0.717) is 19.4 Å². The summed E-state index contributed by atoms with van der Waals surface area (Å²) >= 11 is 0. The number of sulfonamides is 1. The number of benzene rings is 2. The predicted octanol–water partition coefficient (Wildman–Crippen LogP) is 3.77. The van der Waals surface area contributed by atoms with Crippen LogP contribution in [0, 0.1) is 6.92 Å². The zero-order chi connectivity index (χ0) is 20.1. The molecule has 0 saturated carbocycles. The van der Waals surface area contributed by atoms with E-state index in [9.17, 15) is 13.2 Å². The third kappa shape index (κ3) is 5.09. The van der Waals surface area contributed by atoms with Crippen molar-refractivity contribution >= 4 is 27.7 Å². The van der Waals surface area contributed by atoms with E-state index in [0.717, 1.165) is 34.4 Å². The number of hydrogen-bond acceptors (Lipinski definition) is 3. The summed E-state index contributed by atoms with van der Waals surface area (Å²) in [4.78, 5) is 14.0. The molecule has 0 radical (unpaired) electrons. The molecule has 0 saturated heterocycles. The smallest absolute Gasteiger partial charge is 0.234 e. The first-order valence-electron chi connectivity index (χ1n) is 9.54. The highest BCUT2D eigenvalue weighted by atomic mass is 32.2. The van der Waals surface area contributed by atoms with Gasteiger partial charge in [0, 0.05) is 30.6 Å². The third-order valence-electron chi connectivity index (χ3n) is 4.79. The van der Waals surface area contributed by atoms with E-state index in [2.05, 4.69) is 11.6 Å². The second kappa shape index (κ2) is 8.71. The van der Waals surface area contributed by atoms with E-state index in [1.165, 1.54) is 5.41 Å². The lowest BCUT2D eigenvalue weighted by Gasteiger charge is -2.29. The highest BCUT2D eigenvalue weighted by Crippen LogP contribution is 2.29. The van der Waals surface area contributed by atoms with E-state index in [1.54, 1.807) is 6.08 Å². The molecule has 1 N–H and O–H groups in total. The summed E-state index contributed by atoms with van der Waals surface area (Å²) in [7, 11) is -3.53. The predicted molar refractivity (Wildman–Crippen MR) is 113 cm³/mol. The number of anilines is 1. The van der Waals surface area contributed by atoms with E-state index < -0.39 is 10.0 Å². The van der Waals surface area contributed by atoms with Gasteiger partial charge in [-0.1, -0.05) is 48.9 Å². The van der Waals surface area contributed by atoms with Gasteiger partial charge >= 0.3 is 0 Å². The molecule has 1 aliphatic rings. The van der Waals surface area contributed by atoms with E-state index in [4.69, 9.17) is 0 Å². The number of aryl methyl sites for hydroxylation is 2. The van der Waals surface area contributed by atoms with Crippen LogP contribution in [-0.2, 0) is 27.8 Å². The summed E-state index contributed by atoms with van der Waals surface area (Å²) in [5.41, 5.74) is 4.90. The molecule has 28 heavy (non-hydrogen) atoms. The molecule has 0 bridgehead atoms. The van der Waals surface area contributed by atoms with Crippen LogP contribution in [0.1, 0.15) is 42.0 Å². The summed E-state index contributed by atoms with van der Waals surface area (Å²) in [6, 6.07) is 13.5. The standard InChI is InChI=1S/C22H26N2O3S/c1-3-13-24-21-10-8-19(15-20(21)9-11-22(24)25)16-23-28(26,27)14-12-18-6-4-17(2)5-7-18/h4-8,10,12,14-15,23H,3,9,11,13,16H2,1-2H3/b14-12+. The zero-order valence-corrected chi connectivity index (χ0v) is 17.1. The van der Waals surface area contributed by atoms with Crippen LogP contribution >= 0.6 is 0 Å². The lowest BCUT2D eigenvalue weighted by molar-refractivity contribution is -0.118. The number of fused-ring (bicyclic) bond motifs is 1. The highest BCUT2D eigenvalue weighted by Gasteiger charge is 2.23. The van der Waals surface area contributed by atoms with Gasteiger partial charge in [-0.15, -0.1) is 0 Å². The molecule has 1 amide bonds. The molecule has 1 aliphatic heterocycles. The monoisotopic (exact) mass is 398 g/mol. The Bertz CT molecular complexity index is 979. The van der Waals surface area contributed by atoms with E-state index in [-0.39, 0.29) is 12.5 Å². The Kier molecular flexibility index (Phi) is 6.31. The quantitative estimate of drug-likeness (QED) is 0.772. The maximum atomic E-state index is 12.3. The van der Waals surface area contributed by atoms with Crippen molar-refractivity contribution in [1.82, 2.24) is 4.72 Å². The average molecular weight is 399 g/mol. The van der Waals surface area contributed by atoms with Crippen LogP contribution in [0.2, 0.25) is 0 Å². The maximum absolute atomic E-state index is 12.3. The number of carbonyl (C=O) groups excluding carboxylic acids is 1. The topological polar surface area (TPSA) is 66.5 Å². The maximum Gasteiger partial charge on any atom is 0.234 e. The van der Waals surface area contributed by atoms with Gasteiger partial charge in [0.1, 0.15) is 0 Å². The second-order valence-corrected chi connectivity index (χ2v) is 8.74. The number of hydrogen-bond donors (Lipinski definition) is 1. The van der Waals surface area contributed by atoms with Gasteiger partial charge in [-0.3, -0.25) is 4.79 Å². The minimum atomic E-state index is -3.53. The molecule has 0 aromatic heterocycles. The largest absolute Gasteiger partial charge is 0.312 e. The minimum Gasteiger partial charge on any atom is -0.312 e. The average Bonchev–Trinajstić information content (AvgIpc) is 2.68. The Morgan fingerprint density at radius 3 is 2.57 bits per heavy atom. The lowest BCUT2D eigenvalue weighted by atomic mass is 9.98. The van der Waals surface area contributed by atoms with Gasteiger partial charge in [-0.25, -0.2) is 13.1 Å². The van der Waals surface area contributed by atoms with Crippen LogP contribution in [0.4, 0.5) is 5.69 Å². The summed E-state index contributed by atoms with van der Waals surface area (Å²) in [6.45, 7) is 4.97. The highest BCUT2D eigenvalue weighted by molar-refractivity contribution is 7.92. The number of nitrogens with one attached hydrogen (secondary N) is 1. The molecule has 1 heterocycles. The first kappa shape index (κ1) is 20.3. The number of amides is 1. The molecule has 148 valence electrons. The van der Waals surface area contributed by atoms with Gasteiger partial charge in [0.2, 0.25) is 15.9 Å². The van der Waals surface area contributed by atoms with Gasteiger partial charge in [0.25, 0.3) is 0 Å². The number of nitrogens with zero attached hydrogens (tertiary/aromatic N) is 1. The lowest BCUT2D eigenvalue weighted by Crippen LogP contribution is -2.35. The molecule has 5 nitrogen and oxygen atoms in total. The van der Waals surface area contributed by atoms with Crippen LogP contribution in [-0.4, -0.2) is 20.9 Å². The van der Waals surface area contributed by atoms with E-state index in [1.807, 2.05) is 54.3 Å². The Morgan fingerprint density at radius 2 is 1.86 bits per heavy atom. The first-order chi connectivity index (χ1) is 13.4. The molecule has 0 unspecified atom stereocenters. The van der Waals surface area contributed by atoms with Crippen molar-refractivity contribution in [3.05, 3.63) is 70.1 Å². The van der Waals surface area contributed by atoms with Gasteiger partial charge in [0.05, 0.1) is 0 Å². The number of carbonyl (C=O) groups is 1. The Morgan fingerprint density at radius 1 is 1.11 bits per heavy atom. The van der Waals surface area contributed by atoms with Gasteiger partial charge in [-0.2, -0.15) is 0 Å². The fourth-order valence-corrected chi connectivity index (χ4v) is 4.07. The van der Waals surface area contributed by atoms with Crippen molar-refractivity contribution in [2.75, 3.05) is 11.4 Å².